The van der Waals surface area contributed by atoms with E-state index in [2.05, 4.69) is 17.3 Å². The maximum absolute atomic E-state index is 13.0. The Balaban J connectivity index is 1.97. The molecular formula is C25H24Cl3N3O3. The van der Waals surface area contributed by atoms with E-state index in [9.17, 15) is 14.4 Å². The lowest BCUT2D eigenvalue weighted by molar-refractivity contribution is -0.126. The van der Waals surface area contributed by atoms with Crippen molar-refractivity contribution in [3.8, 4) is 16.9 Å². The lowest BCUT2D eigenvalue weighted by Gasteiger charge is -2.11. The lowest BCUT2D eigenvalue weighted by atomic mass is 10.0. The van der Waals surface area contributed by atoms with Crippen LogP contribution in [-0.2, 0) is 9.59 Å². The zero-order valence-corrected chi connectivity index (χ0v) is 21.1. The molecule has 0 bridgehead atoms. The third kappa shape index (κ3) is 6.06. The van der Waals surface area contributed by atoms with Crippen molar-refractivity contribution < 1.29 is 14.4 Å². The summed E-state index contributed by atoms with van der Waals surface area (Å²) in [6.45, 7) is 4.22. The van der Waals surface area contributed by atoms with E-state index in [-0.39, 0.29) is 5.69 Å². The summed E-state index contributed by atoms with van der Waals surface area (Å²) >= 11 is 18.5. The molecule has 0 saturated heterocycles. The fraction of sp³-hybridized carbons (Fsp3) is 0.280. The summed E-state index contributed by atoms with van der Waals surface area (Å²) in [5.41, 5.74) is 2.22. The molecule has 178 valence electrons. The number of benzene rings is 2. The molecule has 1 aromatic heterocycles. The van der Waals surface area contributed by atoms with Crippen LogP contribution in [0, 0.1) is 6.92 Å². The van der Waals surface area contributed by atoms with Crippen molar-refractivity contribution in [2.24, 2.45) is 0 Å². The van der Waals surface area contributed by atoms with E-state index in [1.54, 1.807) is 49.4 Å². The number of carbonyl (C=O) groups is 3. The van der Waals surface area contributed by atoms with E-state index in [0.717, 1.165) is 24.8 Å². The van der Waals surface area contributed by atoms with Gasteiger partial charge in [0.15, 0.2) is 0 Å². The number of hydrogen-bond acceptors (Lipinski definition) is 4. The van der Waals surface area contributed by atoms with Crippen LogP contribution in [-0.4, -0.2) is 33.8 Å². The van der Waals surface area contributed by atoms with Crippen molar-refractivity contribution in [1.82, 2.24) is 15.1 Å². The summed E-state index contributed by atoms with van der Waals surface area (Å²) in [6.07, 6.45) is 2.28. The number of amides is 1. The highest BCUT2D eigenvalue weighted by molar-refractivity contribution is 6.46. The molecule has 1 heterocycles. The molecule has 6 nitrogen and oxygen atoms in total. The number of unbranched alkanes of at least 4 members (excludes halogenated alkanes) is 2. The molecule has 0 aliphatic carbocycles. The Morgan fingerprint density at radius 3 is 2.29 bits per heavy atom. The van der Waals surface area contributed by atoms with E-state index >= 15 is 0 Å². The number of aromatic nitrogens is 2. The summed E-state index contributed by atoms with van der Waals surface area (Å²) in [4.78, 5) is 37.8. The maximum atomic E-state index is 13.0. The summed E-state index contributed by atoms with van der Waals surface area (Å²) < 4.78 is 1.50. The first-order valence-corrected chi connectivity index (χ1v) is 12.0. The van der Waals surface area contributed by atoms with Gasteiger partial charge in [-0.05, 0) is 43.7 Å². The first kappa shape index (κ1) is 25.9. The molecule has 34 heavy (non-hydrogen) atoms. The van der Waals surface area contributed by atoms with Gasteiger partial charge in [-0.2, -0.15) is 5.10 Å². The fourth-order valence-corrected chi connectivity index (χ4v) is 4.12. The Morgan fingerprint density at radius 1 is 0.971 bits per heavy atom. The van der Waals surface area contributed by atoms with Gasteiger partial charge in [0.05, 0.1) is 22.8 Å². The van der Waals surface area contributed by atoms with Gasteiger partial charge in [0, 0.05) is 27.7 Å². The second-order valence-electron chi connectivity index (χ2n) is 7.82. The zero-order valence-electron chi connectivity index (χ0n) is 18.8. The van der Waals surface area contributed by atoms with E-state index < -0.39 is 23.9 Å². The standard InChI is InChI=1S/C25H24Cl3N3O3/c1-3-4-5-12-29-22(33)14-21(32)25(34)23-15(2)24(16-6-8-17(26)9-7-16)31(30-23)20-11-10-18(27)13-19(20)28/h6-11,13H,3-5,12,14H2,1-2H3,(H,29,33). The van der Waals surface area contributed by atoms with Crippen molar-refractivity contribution in [1.29, 1.82) is 0 Å². The van der Waals surface area contributed by atoms with Crippen LogP contribution < -0.4 is 5.32 Å². The highest BCUT2D eigenvalue weighted by atomic mass is 35.5. The first-order valence-electron chi connectivity index (χ1n) is 10.9. The second-order valence-corrected chi connectivity index (χ2v) is 9.10. The molecule has 0 atom stereocenters. The van der Waals surface area contributed by atoms with Crippen molar-refractivity contribution in [2.75, 3.05) is 6.54 Å². The van der Waals surface area contributed by atoms with Gasteiger partial charge in [0.25, 0.3) is 0 Å². The number of ketones is 2. The SMILES string of the molecule is CCCCCNC(=O)CC(=O)C(=O)c1nn(-c2ccc(Cl)cc2Cl)c(-c2ccc(Cl)cc2)c1C. The summed E-state index contributed by atoms with van der Waals surface area (Å²) in [6, 6.07) is 11.9. The van der Waals surface area contributed by atoms with Gasteiger partial charge >= 0.3 is 0 Å². The number of hydrogen-bond donors (Lipinski definition) is 1. The molecule has 9 heteroatoms. The Morgan fingerprint density at radius 2 is 1.65 bits per heavy atom. The number of rotatable bonds is 10. The fourth-order valence-electron chi connectivity index (χ4n) is 3.51. The van der Waals surface area contributed by atoms with Gasteiger partial charge in [0.2, 0.25) is 17.5 Å². The molecule has 0 aliphatic heterocycles. The average Bonchev–Trinajstić information content (AvgIpc) is 3.13. The molecule has 3 rings (SSSR count). The largest absolute Gasteiger partial charge is 0.356 e. The molecule has 0 spiro atoms. The normalized spacial score (nSPS) is 10.9. The van der Waals surface area contributed by atoms with Crippen molar-refractivity contribution in [3.05, 3.63) is 68.8 Å². The molecule has 3 aromatic rings. The minimum atomic E-state index is -0.833. The topological polar surface area (TPSA) is 81.1 Å². The van der Waals surface area contributed by atoms with Crippen LogP contribution in [0.1, 0.15) is 48.7 Å². The van der Waals surface area contributed by atoms with Gasteiger partial charge in [-0.25, -0.2) is 4.68 Å². The molecule has 0 fully saturated rings. The average molecular weight is 521 g/mol. The number of Topliss-reactive ketones (excluding diaryl/α,β-unsaturated/α-hetero) is 2. The van der Waals surface area contributed by atoms with E-state index in [0.29, 0.717) is 38.6 Å². The van der Waals surface area contributed by atoms with Crippen LogP contribution in [0.4, 0.5) is 0 Å². The Kier molecular flexibility index (Phi) is 8.89. The number of carbonyl (C=O) groups excluding carboxylic acids is 3. The summed E-state index contributed by atoms with van der Waals surface area (Å²) in [7, 11) is 0. The van der Waals surface area contributed by atoms with E-state index in [1.807, 2.05) is 0 Å². The second kappa shape index (κ2) is 11.6. The minimum absolute atomic E-state index is 0.0419. The number of nitrogens with one attached hydrogen (secondary N) is 1. The molecule has 0 radical (unpaired) electrons. The number of nitrogens with zero attached hydrogens (tertiary/aromatic N) is 2. The van der Waals surface area contributed by atoms with Crippen LogP contribution in [0.2, 0.25) is 15.1 Å². The molecule has 1 amide bonds. The van der Waals surface area contributed by atoms with Crippen molar-refractivity contribution in [3.63, 3.8) is 0 Å². The molecule has 2 aromatic carbocycles. The van der Waals surface area contributed by atoms with Crippen molar-refractivity contribution in [2.45, 2.75) is 39.5 Å². The lowest BCUT2D eigenvalue weighted by Crippen LogP contribution is -2.29. The molecule has 0 aliphatic rings. The zero-order chi connectivity index (χ0) is 24.8. The Hall–Kier alpha value is -2.67. The van der Waals surface area contributed by atoms with Crippen LogP contribution >= 0.6 is 34.8 Å². The molecule has 0 saturated carbocycles. The predicted octanol–water partition coefficient (Wildman–Crippen LogP) is 6.26. The third-order valence-electron chi connectivity index (χ3n) is 5.27. The maximum Gasteiger partial charge on any atom is 0.249 e. The van der Waals surface area contributed by atoms with Gasteiger partial charge in [-0.15, -0.1) is 0 Å². The Bertz CT molecular complexity index is 1220. The van der Waals surface area contributed by atoms with E-state index in [1.165, 1.54) is 4.68 Å². The quantitative estimate of drug-likeness (QED) is 0.148. The summed E-state index contributed by atoms with van der Waals surface area (Å²) in [5.74, 6) is -2.14. The smallest absolute Gasteiger partial charge is 0.249 e. The highest BCUT2D eigenvalue weighted by Crippen LogP contribution is 2.33. The van der Waals surface area contributed by atoms with Gasteiger partial charge in [-0.3, -0.25) is 14.4 Å². The van der Waals surface area contributed by atoms with Crippen molar-refractivity contribution >= 4 is 52.3 Å². The van der Waals surface area contributed by atoms with Gasteiger partial charge in [0.1, 0.15) is 5.69 Å². The minimum Gasteiger partial charge on any atom is -0.356 e. The van der Waals surface area contributed by atoms with Crippen LogP contribution in [0.3, 0.4) is 0 Å². The highest BCUT2D eigenvalue weighted by Gasteiger charge is 2.28. The van der Waals surface area contributed by atoms with Gasteiger partial charge < -0.3 is 5.32 Å². The molecule has 0 unspecified atom stereocenters. The van der Waals surface area contributed by atoms with Crippen LogP contribution in [0.15, 0.2) is 42.5 Å². The predicted molar refractivity (Wildman–Crippen MR) is 135 cm³/mol. The first-order chi connectivity index (χ1) is 16.2. The third-order valence-corrected chi connectivity index (χ3v) is 6.06. The number of halogens is 3. The van der Waals surface area contributed by atoms with Crippen LogP contribution in [0.25, 0.3) is 16.9 Å². The van der Waals surface area contributed by atoms with Crippen LogP contribution in [0.5, 0.6) is 0 Å². The Labute approximate surface area is 213 Å². The molecule has 1 N–H and O–H groups in total. The monoisotopic (exact) mass is 519 g/mol. The molecular weight excluding hydrogens is 497 g/mol. The summed E-state index contributed by atoms with van der Waals surface area (Å²) in [5, 5.41) is 8.43. The van der Waals surface area contributed by atoms with E-state index in [4.69, 9.17) is 34.8 Å². The van der Waals surface area contributed by atoms with Gasteiger partial charge in [-0.1, -0.05) is 66.7 Å².